The molecule has 1 unspecified atom stereocenters. The van der Waals surface area contributed by atoms with Gasteiger partial charge in [0.2, 0.25) is 11.8 Å². The third kappa shape index (κ3) is 4.85. The molecule has 1 fully saturated rings. The summed E-state index contributed by atoms with van der Waals surface area (Å²) in [5.74, 6) is -0.0296. The molecule has 2 aromatic heterocycles. The Morgan fingerprint density at radius 2 is 2.00 bits per heavy atom. The molecule has 0 saturated carbocycles. The van der Waals surface area contributed by atoms with Crippen LogP contribution in [-0.2, 0) is 22.6 Å². The summed E-state index contributed by atoms with van der Waals surface area (Å²) < 4.78 is 1.51. The molecule has 162 valence electrons. The van der Waals surface area contributed by atoms with Gasteiger partial charge in [-0.25, -0.2) is 9.67 Å². The smallest absolute Gasteiger partial charge is 0.244 e. The SMILES string of the molecule is CC(C)NC(=O)C1(Cc2ccc(-c3ccsc3)cc2)CCN(C(=O)Cn2cncn2)C1. The van der Waals surface area contributed by atoms with Crippen LogP contribution in [0.1, 0.15) is 25.8 Å². The van der Waals surface area contributed by atoms with Gasteiger partial charge in [0.25, 0.3) is 0 Å². The number of likely N-dealkylation sites (tertiary alicyclic amines) is 1. The predicted molar refractivity (Wildman–Crippen MR) is 120 cm³/mol. The molecular formula is C23H27N5O2S. The number of carbonyl (C=O) groups excluding carboxylic acids is 2. The molecule has 1 aliphatic heterocycles. The lowest BCUT2D eigenvalue weighted by atomic mass is 9.79. The topological polar surface area (TPSA) is 80.1 Å². The van der Waals surface area contributed by atoms with Gasteiger partial charge < -0.3 is 10.2 Å². The lowest BCUT2D eigenvalue weighted by Crippen LogP contribution is -2.47. The number of nitrogens with one attached hydrogen (secondary N) is 1. The van der Waals surface area contributed by atoms with Crippen molar-refractivity contribution in [2.75, 3.05) is 13.1 Å². The number of benzene rings is 1. The molecule has 0 aliphatic carbocycles. The molecule has 1 aromatic carbocycles. The van der Waals surface area contributed by atoms with Gasteiger partial charge >= 0.3 is 0 Å². The van der Waals surface area contributed by atoms with Crippen molar-refractivity contribution in [1.82, 2.24) is 25.0 Å². The number of amides is 2. The zero-order valence-corrected chi connectivity index (χ0v) is 18.6. The van der Waals surface area contributed by atoms with Gasteiger partial charge in [-0.05, 0) is 60.2 Å². The molecule has 7 nitrogen and oxygen atoms in total. The molecule has 4 rings (SSSR count). The number of hydrogen-bond acceptors (Lipinski definition) is 5. The van der Waals surface area contributed by atoms with E-state index in [1.807, 2.05) is 13.8 Å². The number of nitrogens with zero attached hydrogens (tertiary/aromatic N) is 4. The lowest BCUT2D eigenvalue weighted by molar-refractivity contribution is -0.134. The van der Waals surface area contributed by atoms with Gasteiger partial charge in [0, 0.05) is 19.1 Å². The highest BCUT2D eigenvalue weighted by molar-refractivity contribution is 7.08. The number of thiophene rings is 1. The van der Waals surface area contributed by atoms with E-state index < -0.39 is 5.41 Å². The average molecular weight is 438 g/mol. The Hall–Kier alpha value is -3.00. The summed E-state index contributed by atoms with van der Waals surface area (Å²) >= 11 is 1.68. The maximum absolute atomic E-state index is 13.2. The first-order chi connectivity index (χ1) is 14.9. The Labute approximate surface area is 186 Å². The Bertz CT molecular complexity index is 1010. The first-order valence-electron chi connectivity index (χ1n) is 10.5. The summed E-state index contributed by atoms with van der Waals surface area (Å²) in [5, 5.41) is 11.3. The van der Waals surface area contributed by atoms with E-state index in [4.69, 9.17) is 0 Å². The van der Waals surface area contributed by atoms with Crippen LogP contribution in [0, 0.1) is 5.41 Å². The van der Waals surface area contributed by atoms with E-state index >= 15 is 0 Å². The van der Waals surface area contributed by atoms with Crippen molar-refractivity contribution in [2.24, 2.45) is 5.41 Å². The first-order valence-corrected chi connectivity index (χ1v) is 11.4. The molecule has 1 N–H and O–H groups in total. The Balaban J connectivity index is 1.51. The normalized spacial score (nSPS) is 18.5. The fourth-order valence-corrected chi connectivity index (χ4v) is 4.76. The summed E-state index contributed by atoms with van der Waals surface area (Å²) in [4.78, 5) is 31.7. The van der Waals surface area contributed by atoms with Crippen molar-refractivity contribution in [3.05, 3.63) is 59.3 Å². The van der Waals surface area contributed by atoms with Crippen molar-refractivity contribution < 1.29 is 9.59 Å². The highest BCUT2D eigenvalue weighted by Gasteiger charge is 2.46. The molecule has 3 heterocycles. The van der Waals surface area contributed by atoms with Crippen LogP contribution < -0.4 is 5.32 Å². The second kappa shape index (κ2) is 9.01. The molecule has 2 amide bonds. The lowest BCUT2D eigenvalue weighted by Gasteiger charge is -2.29. The summed E-state index contributed by atoms with van der Waals surface area (Å²) in [6.07, 6.45) is 4.18. The molecule has 1 saturated heterocycles. The van der Waals surface area contributed by atoms with Gasteiger partial charge in [-0.15, -0.1) is 0 Å². The van der Waals surface area contributed by atoms with E-state index in [2.05, 4.69) is 56.5 Å². The molecule has 1 atom stereocenters. The molecule has 0 radical (unpaired) electrons. The number of carbonyl (C=O) groups is 2. The molecule has 0 spiro atoms. The zero-order chi connectivity index (χ0) is 21.8. The number of aromatic nitrogens is 3. The maximum atomic E-state index is 13.2. The average Bonchev–Trinajstić information content (AvgIpc) is 3.51. The largest absolute Gasteiger partial charge is 0.353 e. The minimum Gasteiger partial charge on any atom is -0.353 e. The van der Waals surface area contributed by atoms with Crippen molar-refractivity contribution in [2.45, 2.75) is 39.3 Å². The Morgan fingerprint density at radius 1 is 1.19 bits per heavy atom. The van der Waals surface area contributed by atoms with E-state index in [0.29, 0.717) is 25.9 Å². The quantitative estimate of drug-likeness (QED) is 0.616. The standard InChI is InChI=1S/C23H27N5O2S/c1-17(2)26-22(30)23(8-9-27(14-23)21(29)12-28-16-24-15-25-28)11-18-3-5-19(6-4-18)20-7-10-31-13-20/h3-7,10,13,15-17H,8-9,11-12,14H2,1-2H3,(H,26,30). The minimum atomic E-state index is -0.633. The monoisotopic (exact) mass is 437 g/mol. The fourth-order valence-electron chi connectivity index (χ4n) is 4.10. The summed E-state index contributed by atoms with van der Waals surface area (Å²) in [5.41, 5.74) is 2.84. The van der Waals surface area contributed by atoms with Crippen LogP contribution >= 0.6 is 11.3 Å². The van der Waals surface area contributed by atoms with Crippen LogP contribution in [0.2, 0.25) is 0 Å². The molecule has 31 heavy (non-hydrogen) atoms. The number of hydrogen-bond donors (Lipinski definition) is 1. The molecule has 0 bridgehead atoms. The van der Waals surface area contributed by atoms with E-state index in [0.717, 1.165) is 5.56 Å². The van der Waals surface area contributed by atoms with Crippen LogP contribution in [0.4, 0.5) is 0 Å². The fraction of sp³-hybridized carbons (Fsp3) is 0.391. The van der Waals surface area contributed by atoms with E-state index in [1.165, 1.54) is 28.5 Å². The second-order valence-electron chi connectivity index (χ2n) is 8.45. The zero-order valence-electron chi connectivity index (χ0n) is 17.8. The molecule has 1 aliphatic rings. The third-order valence-electron chi connectivity index (χ3n) is 5.72. The minimum absolute atomic E-state index is 0.0143. The molecule has 3 aromatic rings. The Morgan fingerprint density at radius 3 is 2.65 bits per heavy atom. The highest BCUT2D eigenvalue weighted by atomic mass is 32.1. The van der Waals surface area contributed by atoms with Gasteiger partial charge in [-0.2, -0.15) is 16.4 Å². The Kier molecular flexibility index (Phi) is 6.18. The van der Waals surface area contributed by atoms with Gasteiger partial charge in [0.05, 0.1) is 5.41 Å². The van der Waals surface area contributed by atoms with Gasteiger partial charge in [-0.3, -0.25) is 9.59 Å². The van der Waals surface area contributed by atoms with Crippen molar-refractivity contribution in [3.63, 3.8) is 0 Å². The highest BCUT2D eigenvalue weighted by Crippen LogP contribution is 2.35. The van der Waals surface area contributed by atoms with Crippen molar-refractivity contribution >= 4 is 23.2 Å². The van der Waals surface area contributed by atoms with Crippen molar-refractivity contribution in [3.8, 4) is 11.1 Å². The predicted octanol–water partition coefficient (Wildman–Crippen LogP) is 2.99. The van der Waals surface area contributed by atoms with Crippen LogP contribution in [0.3, 0.4) is 0 Å². The summed E-state index contributed by atoms with van der Waals surface area (Å²) in [6.45, 7) is 5.03. The van der Waals surface area contributed by atoms with Gasteiger partial charge in [-0.1, -0.05) is 24.3 Å². The summed E-state index contributed by atoms with van der Waals surface area (Å²) in [6, 6.07) is 10.5. The van der Waals surface area contributed by atoms with E-state index in [-0.39, 0.29) is 24.4 Å². The van der Waals surface area contributed by atoms with Gasteiger partial charge in [0.1, 0.15) is 19.2 Å². The third-order valence-corrected chi connectivity index (χ3v) is 6.41. The van der Waals surface area contributed by atoms with Crippen LogP contribution in [0.25, 0.3) is 11.1 Å². The van der Waals surface area contributed by atoms with E-state index in [9.17, 15) is 9.59 Å². The van der Waals surface area contributed by atoms with Gasteiger partial charge in [0.15, 0.2) is 0 Å². The van der Waals surface area contributed by atoms with Crippen molar-refractivity contribution in [1.29, 1.82) is 0 Å². The maximum Gasteiger partial charge on any atom is 0.244 e. The number of rotatable bonds is 7. The van der Waals surface area contributed by atoms with Crippen LogP contribution in [0.5, 0.6) is 0 Å². The molecular weight excluding hydrogens is 410 g/mol. The first kappa shape index (κ1) is 21.2. The molecule has 8 heteroatoms. The van der Waals surface area contributed by atoms with Crippen LogP contribution in [0.15, 0.2) is 53.7 Å². The van der Waals surface area contributed by atoms with E-state index in [1.54, 1.807) is 16.2 Å². The second-order valence-corrected chi connectivity index (χ2v) is 9.23. The summed E-state index contributed by atoms with van der Waals surface area (Å²) in [7, 11) is 0. The van der Waals surface area contributed by atoms with Crippen LogP contribution in [-0.4, -0.2) is 50.6 Å².